The van der Waals surface area contributed by atoms with Crippen molar-refractivity contribution in [3.05, 3.63) is 44.8 Å². The molecule has 0 bridgehead atoms. The van der Waals surface area contributed by atoms with Crippen molar-refractivity contribution in [2.45, 2.75) is 52.4 Å². The number of thiophene rings is 1. The number of benzene rings is 1. The van der Waals surface area contributed by atoms with Crippen LogP contribution in [0.1, 0.15) is 59.0 Å². The zero-order chi connectivity index (χ0) is 21.7. The molecule has 7 heteroatoms. The first-order chi connectivity index (χ1) is 14.4. The minimum atomic E-state index is -0.376. The molecule has 1 unspecified atom stereocenters. The van der Waals surface area contributed by atoms with Gasteiger partial charge in [-0.2, -0.15) is 0 Å². The summed E-state index contributed by atoms with van der Waals surface area (Å²) in [7, 11) is 1.38. The fourth-order valence-corrected chi connectivity index (χ4v) is 5.38. The highest BCUT2D eigenvalue weighted by Gasteiger charge is 2.29. The molecule has 3 rings (SSSR count). The maximum Gasteiger partial charge on any atom is 0.341 e. The van der Waals surface area contributed by atoms with E-state index in [2.05, 4.69) is 12.2 Å². The number of carbonyl (C=O) groups is 2. The van der Waals surface area contributed by atoms with Crippen molar-refractivity contribution < 1.29 is 19.1 Å². The average Bonchev–Trinajstić information content (AvgIpc) is 3.08. The molecule has 0 spiro atoms. The number of amides is 1. The highest BCUT2D eigenvalue weighted by molar-refractivity contribution is 7.17. The lowest BCUT2D eigenvalue weighted by molar-refractivity contribution is -0.116. The lowest BCUT2D eigenvalue weighted by atomic mass is 9.85. The van der Waals surface area contributed by atoms with Gasteiger partial charge >= 0.3 is 5.97 Å². The Bertz CT molecular complexity index is 924. The summed E-state index contributed by atoms with van der Waals surface area (Å²) in [4.78, 5) is 26.1. The van der Waals surface area contributed by atoms with Crippen molar-refractivity contribution in [3.63, 3.8) is 0 Å². The molecule has 1 heterocycles. The first-order valence-electron chi connectivity index (χ1n) is 10.3. The van der Waals surface area contributed by atoms with E-state index >= 15 is 0 Å². The standard InChI is InChI=1S/C23H28ClNO4S/c1-4-15-7-9-17-19(13-15)30-22(21(17)23(27)28-3)25-20(26)6-5-11-29-18-10-8-16(24)12-14(18)2/h8,10,12,15H,4-7,9,11,13H2,1-3H3,(H,25,26). The third-order valence-electron chi connectivity index (χ3n) is 5.53. The predicted molar refractivity (Wildman–Crippen MR) is 121 cm³/mol. The fourth-order valence-electron chi connectivity index (χ4n) is 3.79. The van der Waals surface area contributed by atoms with Crippen LogP contribution in [0.4, 0.5) is 5.00 Å². The van der Waals surface area contributed by atoms with Gasteiger partial charge in [-0.3, -0.25) is 4.79 Å². The summed E-state index contributed by atoms with van der Waals surface area (Å²) in [6, 6.07) is 5.46. The minimum absolute atomic E-state index is 0.123. The second-order valence-electron chi connectivity index (χ2n) is 7.63. The van der Waals surface area contributed by atoms with E-state index in [-0.39, 0.29) is 11.9 Å². The van der Waals surface area contributed by atoms with E-state index in [1.54, 1.807) is 6.07 Å². The zero-order valence-electron chi connectivity index (χ0n) is 17.7. The molecule has 5 nitrogen and oxygen atoms in total. The van der Waals surface area contributed by atoms with Gasteiger partial charge in [-0.1, -0.05) is 24.9 Å². The number of hydrogen-bond donors (Lipinski definition) is 1. The molecule has 1 aliphatic rings. The van der Waals surface area contributed by atoms with Crippen LogP contribution in [0.25, 0.3) is 0 Å². The van der Waals surface area contributed by atoms with Gasteiger partial charge in [0.2, 0.25) is 5.91 Å². The number of halogens is 1. The van der Waals surface area contributed by atoms with Gasteiger partial charge in [-0.15, -0.1) is 11.3 Å². The molecular weight excluding hydrogens is 422 g/mol. The number of hydrogen-bond acceptors (Lipinski definition) is 5. The highest BCUT2D eigenvalue weighted by atomic mass is 35.5. The third kappa shape index (κ3) is 5.35. The van der Waals surface area contributed by atoms with Crippen LogP contribution in [0.2, 0.25) is 5.02 Å². The second-order valence-corrected chi connectivity index (χ2v) is 9.17. The van der Waals surface area contributed by atoms with Crippen molar-refractivity contribution in [1.82, 2.24) is 0 Å². The predicted octanol–water partition coefficient (Wildman–Crippen LogP) is 5.81. The maximum atomic E-state index is 12.5. The molecule has 0 saturated heterocycles. The number of anilines is 1. The molecule has 0 radical (unpaired) electrons. The number of nitrogens with one attached hydrogen (secondary N) is 1. The van der Waals surface area contributed by atoms with E-state index in [4.69, 9.17) is 21.1 Å². The Morgan fingerprint density at radius 1 is 1.33 bits per heavy atom. The number of ether oxygens (including phenoxy) is 2. The second kappa shape index (κ2) is 10.3. The Hall–Kier alpha value is -2.05. The number of fused-ring (bicyclic) bond motifs is 1. The summed E-state index contributed by atoms with van der Waals surface area (Å²) < 4.78 is 10.7. The van der Waals surface area contributed by atoms with Crippen LogP contribution in [-0.2, 0) is 22.4 Å². The molecule has 1 aromatic carbocycles. The normalized spacial score (nSPS) is 15.4. The number of methoxy groups -OCH3 is 1. The summed E-state index contributed by atoms with van der Waals surface area (Å²) in [6.45, 7) is 4.56. The van der Waals surface area contributed by atoms with Crippen LogP contribution in [0.15, 0.2) is 18.2 Å². The Morgan fingerprint density at radius 3 is 2.83 bits per heavy atom. The first kappa shape index (κ1) is 22.6. The molecule has 2 aromatic rings. The van der Waals surface area contributed by atoms with Crippen LogP contribution < -0.4 is 10.1 Å². The molecule has 1 amide bonds. The minimum Gasteiger partial charge on any atom is -0.493 e. The zero-order valence-corrected chi connectivity index (χ0v) is 19.3. The Balaban J connectivity index is 1.59. The van der Waals surface area contributed by atoms with E-state index in [1.807, 2.05) is 19.1 Å². The molecule has 162 valence electrons. The third-order valence-corrected chi connectivity index (χ3v) is 6.93. The fraction of sp³-hybridized carbons (Fsp3) is 0.478. The maximum absolute atomic E-state index is 12.5. The van der Waals surface area contributed by atoms with Gasteiger partial charge in [0.1, 0.15) is 10.8 Å². The van der Waals surface area contributed by atoms with E-state index in [9.17, 15) is 9.59 Å². The molecular formula is C23H28ClNO4S. The summed E-state index contributed by atoms with van der Waals surface area (Å²) in [6.07, 6.45) is 4.90. The number of rotatable bonds is 8. The Kier molecular flexibility index (Phi) is 7.78. The van der Waals surface area contributed by atoms with E-state index < -0.39 is 0 Å². The lowest BCUT2D eigenvalue weighted by Crippen LogP contribution is -2.16. The topological polar surface area (TPSA) is 64.6 Å². The molecule has 0 saturated carbocycles. The van der Waals surface area contributed by atoms with E-state index in [0.29, 0.717) is 41.0 Å². The summed E-state index contributed by atoms with van der Waals surface area (Å²) in [5, 5.41) is 4.22. The lowest BCUT2D eigenvalue weighted by Gasteiger charge is -2.20. The highest BCUT2D eigenvalue weighted by Crippen LogP contribution is 2.40. The van der Waals surface area contributed by atoms with Crippen molar-refractivity contribution >= 4 is 39.8 Å². The quantitative estimate of drug-likeness (QED) is 0.408. The van der Waals surface area contributed by atoms with Gasteiger partial charge in [0.15, 0.2) is 0 Å². The smallest absolute Gasteiger partial charge is 0.341 e. The molecule has 30 heavy (non-hydrogen) atoms. The van der Waals surface area contributed by atoms with Crippen molar-refractivity contribution in [2.75, 3.05) is 19.0 Å². The van der Waals surface area contributed by atoms with Crippen LogP contribution in [0.5, 0.6) is 5.75 Å². The van der Waals surface area contributed by atoms with Gasteiger partial charge in [-0.25, -0.2) is 4.79 Å². The SMILES string of the molecule is CCC1CCc2c(sc(NC(=O)CCCOc3ccc(Cl)cc3C)c2C(=O)OC)C1. The van der Waals surface area contributed by atoms with Gasteiger partial charge in [-0.05, 0) is 67.9 Å². The van der Waals surface area contributed by atoms with Crippen molar-refractivity contribution in [1.29, 1.82) is 0 Å². The molecule has 1 N–H and O–H groups in total. The number of carbonyl (C=O) groups excluding carboxylic acids is 2. The van der Waals surface area contributed by atoms with E-state index in [1.165, 1.54) is 23.3 Å². The largest absolute Gasteiger partial charge is 0.493 e. The van der Waals surface area contributed by atoms with Gasteiger partial charge in [0.25, 0.3) is 0 Å². The Morgan fingerprint density at radius 2 is 2.13 bits per heavy atom. The van der Waals surface area contributed by atoms with Crippen molar-refractivity contribution in [3.8, 4) is 5.75 Å². The monoisotopic (exact) mass is 449 g/mol. The van der Waals surface area contributed by atoms with Crippen LogP contribution >= 0.6 is 22.9 Å². The van der Waals surface area contributed by atoms with Crippen LogP contribution in [-0.4, -0.2) is 25.6 Å². The summed E-state index contributed by atoms with van der Waals surface area (Å²) >= 11 is 7.47. The average molecular weight is 450 g/mol. The number of esters is 1. The first-order valence-corrected chi connectivity index (χ1v) is 11.5. The molecule has 1 atom stereocenters. The van der Waals surface area contributed by atoms with Gasteiger partial charge in [0, 0.05) is 16.3 Å². The van der Waals surface area contributed by atoms with Crippen molar-refractivity contribution in [2.24, 2.45) is 5.92 Å². The van der Waals surface area contributed by atoms with E-state index in [0.717, 1.165) is 42.6 Å². The Labute approximate surface area is 186 Å². The molecule has 1 aromatic heterocycles. The number of aryl methyl sites for hydroxylation is 1. The molecule has 0 aliphatic heterocycles. The summed E-state index contributed by atoms with van der Waals surface area (Å²) in [5.74, 6) is 0.907. The van der Waals surface area contributed by atoms with Crippen LogP contribution in [0, 0.1) is 12.8 Å². The van der Waals surface area contributed by atoms with Crippen LogP contribution in [0.3, 0.4) is 0 Å². The molecule has 0 fully saturated rings. The van der Waals surface area contributed by atoms with Gasteiger partial charge in [0.05, 0.1) is 19.3 Å². The van der Waals surface area contributed by atoms with Gasteiger partial charge < -0.3 is 14.8 Å². The summed E-state index contributed by atoms with van der Waals surface area (Å²) in [5.41, 5.74) is 2.55. The molecule has 1 aliphatic carbocycles.